The van der Waals surface area contributed by atoms with E-state index in [0.717, 1.165) is 16.5 Å². The summed E-state index contributed by atoms with van der Waals surface area (Å²) >= 11 is 0. The van der Waals surface area contributed by atoms with Crippen molar-refractivity contribution in [2.45, 2.75) is 6.54 Å². The van der Waals surface area contributed by atoms with Gasteiger partial charge in [0, 0.05) is 5.56 Å². The molecule has 3 rings (SSSR count). The quantitative estimate of drug-likeness (QED) is 0.867. The molecular formula is C17H14N2O3S. The molecular weight excluding hydrogens is 312 g/mol. The van der Waals surface area contributed by atoms with Gasteiger partial charge in [-0.25, -0.2) is 13.4 Å². The largest absolute Gasteiger partial charge is 0.288 e. The van der Waals surface area contributed by atoms with Crippen LogP contribution in [0.5, 0.6) is 0 Å². The second kappa shape index (κ2) is 6.18. The average molecular weight is 326 g/mol. The van der Waals surface area contributed by atoms with Gasteiger partial charge in [-0.15, -0.1) is 0 Å². The summed E-state index contributed by atoms with van der Waals surface area (Å²) in [6.45, 7) is 0.243. The number of aliphatic imine (C=N–C) groups is 1. The molecule has 0 aliphatic carbocycles. The van der Waals surface area contributed by atoms with E-state index in [1.807, 2.05) is 36.4 Å². The second-order valence-electron chi connectivity index (χ2n) is 5.04. The average Bonchev–Trinajstić information content (AvgIpc) is 2.93. The highest BCUT2D eigenvalue weighted by Crippen LogP contribution is 2.20. The smallest absolute Gasteiger partial charge is 0.259 e. The van der Waals surface area contributed by atoms with Crippen molar-refractivity contribution in [1.29, 1.82) is 0 Å². The van der Waals surface area contributed by atoms with Gasteiger partial charge >= 0.3 is 0 Å². The Morgan fingerprint density at radius 1 is 0.957 bits per heavy atom. The lowest BCUT2D eigenvalue weighted by atomic mass is 10.1. The van der Waals surface area contributed by atoms with E-state index in [4.69, 9.17) is 0 Å². The summed E-state index contributed by atoms with van der Waals surface area (Å²) in [5, 5.41) is 1.01. The van der Waals surface area contributed by atoms with Crippen LogP contribution in [0, 0.1) is 0 Å². The zero-order valence-electron chi connectivity index (χ0n) is 12.2. The van der Waals surface area contributed by atoms with E-state index in [-0.39, 0.29) is 18.3 Å². The number of nitrogens with zero attached hydrogens (tertiary/aromatic N) is 2. The van der Waals surface area contributed by atoms with E-state index in [0.29, 0.717) is 5.56 Å². The zero-order valence-corrected chi connectivity index (χ0v) is 13.0. The molecule has 0 radical (unpaired) electrons. The predicted octanol–water partition coefficient (Wildman–Crippen LogP) is 2.58. The van der Waals surface area contributed by atoms with Crippen molar-refractivity contribution in [3.8, 4) is 0 Å². The molecule has 5 nitrogen and oxygen atoms in total. The van der Waals surface area contributed by atoms with Crippen molar-refractivity contribution in [1.82, 2.24) is 4.90 Å². The minimum atomic E-state index is -3.50. The Bertz CT molecular complexity index is 873. The summed E-state index contributed by atoms with van der Waals surface area (Å²) in [6.07, 6.45) is 0. The maximum atomic E-state index is 12.8. The molecule has 0 aromatic heterocycles. The summed E-state index contributed by atoms with van der Waals surface area (Å²) in [5.41, 5.74) is 2.22. The molecule has 1 amide bonds. The molecule has 2 aromatic rings. The third-order valence-corrected chi connectivity index (χ3v) is 4.27. The van der Waals surface area contributed by atoms with Crippen molar-refractivity contribution in [3.63, 3.8) is 0 Å². The summed E-state index contributed by atoms with van der Waals surface area (Å²) in [7, 11) is -3.50. The highest BCUT2D eigenvalue weighted by molar-refractivity contribution is 8.07. The molecule has 0 spiro atoms. The van der Waals surface area contributed by atoms with Gasteiger partial charge in [0.05, 0.1) is 12.0 Å². The number of benzene rings is 2. The van der Waals surface area contributed by atoms with Crippen LogP contribution in [-0.2, 0) is 16.4 Å². The second-order valence-corrected chi connectivity index (χ2v) is 6.67. The number of rotatable bonds is 4. The van der Waals surface area contributed by atoms with E-state index in [1.165, 1.54) is 4.90 Å². The molecule has 23 heavy (non-hydrogen) atoms. The predicted molar refractivity (Wildman–Crippen MR) is 88.3 cm³/mol. The van der Waals surface area contributed by atoms with Crippen LogP contribution in [0.2, 0.25) is 0 Å². The fourth-order valence-corrected chi connectivity index (χ4v) is 3.03. The standard InChI is InChI=1S/C17H14N2O3S/c20-17(15-9-5-2-6-10-15)19(11-14-7-3-1-4-8-14)16-12-23(21,22)13-18-16/h1-10,12-13H,11H2. The Morgan fingerprint density at radius 2 is 1.57 bits per heavy atom. The molecule has 2 aromatic carbocycles. The van der Waals surface area contributed by atoms with Crippen LogP contribution < -0.4 is 0 Å². The molecule has 1 aliphatic rings. The summed E-state index contributed by atoms with van der Waals surface area (Å²) < 4.78 is 23.2. The van der Waals surface area contributed by atoms with Gasteiger partial charge in [0.1, 0.15) is 11.4 Å². The van der Waals surface area contributed by atoms with E-state index in [1.54, 1.807) is 24.3 Å². The Morgan fingerprint density at radius 3 is 2.13 bits per heavy atom. The van der Waals surface area contributed by atoms with Crippen molar-refractivity contribution < 1.29 is 13.2 Å². The van der Waals surface area contributed by atoms with Gasteiger partial charge in [-0.1, -0.05) is 48.5 Å². The summed E-state index contributed by atoms with van der Waals surface area (Å²) in [4.78, 5) is 18.0. The first-order valence-corrected chi connectivity index (χ1v) is 8.58. The lowest BCUT2D eigenvalue weighted by molar-refractivity contribution is 0.0795. The number of hydrogen-bond acceptors (Lipinski definition) is 4. The van der Waals surface area contributed by atoms with Crippen molar-refractivity contribution >= 4 is 21.3 Å². The van der Waals surface area contributed by atoms with Crippen molar-refractivity contribution in [2.24, 2.45) is 4.99 Å². The molecule has 0 N–H and O–H groups in total. The minimum Gasteiger partial charge on any atom is -0.288 e. The molecule has 1 aliphatic heterocycles. The summed E-state index contributed by atoms with van der Waals surface area (Å²) in [5.74, 6) is -0.169. The van der Waals surface area contributed by atoms with E-state index >= 15 is 0 Å². The number of hydrogen-bond donors (Lipinski definition) is 0. The van der Waals surface area contributed by atoms with Crippen LogP contribution in [-0.4, -0.2) is 24.8 Å². The fraction of sp³-hybridized carbons (Fsp3) is 0.0588. The third-order valence-electron chi connectivity index (χ3n) is 3.33. The van der Waals surface area contributed by atoms with Crippen LogP contribution in [0.25, 0.3) is 0 Å². The fourth-order valence-electron chi connectivity index (χ4n) is 2.23. The molecule has 0 saturated carbocycles. The Kier molecular flexibility index (Phi) is 4.08. The highest BCUT2D eigenvalue weighted by atomic mass is 32.2. The van der Waals surface area contributed by atoms with E-state index in [9.17, 15) is 13.2 Å². The van der Waals surface area contributed by atoms with Gasteiger partial charge in [0.15, 0.2) is 0 Å². The highest BCUT2D eigenvalue weighted by Gasteiger charge is 2.25. The monoisotopic (exact) mass is 326 g/mol. The minimum absolute atomic E-state index is 0.128. The lowest BCUT2D eigenvalue weighted by Crippen LogP contribution is -2.29. The van der Waals surface area contributed by atoms with Crippen LogP contribution >= 0.6 is 0 Å². The molecule has 1 heterocycles. The van der Waals surface area contributed by atoms with Crippen molar-refractivity contribution in [3.05, 3.63) is 83.0 Å². The Labute approximate surface area is 134 Å². The number of carbonyl (C=O) groups excluding carboxylic acids is 1. The Balaban J connectivity index is 1.97. The third kappa shape index (κ3) is 3.54. The first-order valence-electron chi connectivity index (χ1n) is 6.97. The first-order chi connectivity index (χ1) is 11.1. The van der Waals surface area contributed by atoms with Crippen LogP contribution in [0.4, 0.5) is 0 Å². The number of sulfone groups is 1. The van der Waals surface area contributed by atoms with Gasteiger partial charge < -0.3 is 0 Å². The van der Waals surface area contributed by atoms with Crippen LogP contribution in [0.3, 0.4) is 0 Å². The van der Waals surface area contributed by atoms with Gasteiger partial charge in [0.2, 0.25) is 9.84 Å². The van der Waals surface area contributed by atoms with E-state index < -0.39 is 9.84 Å². The lowest BCUT2D eigenvalue weighted by Gasteiger charge is -2.21. The Hall–Kier alpha value is -2.73. The van der Waals surface area contributed by atoms with Gasteiger partial charge in [-0.2, -0.15) is 0 Å². The van der Waals surface area contributed by atoms with Crippen molar-refractivity contribution in [2.75, 3.05) is 0 Å². The molecule has 0 atom stereocenters. The first kappa shape index (κ1) is 15.2. The number of amides is 1. The zero-order chi connectivity index (χ0) is 16.3. The van der Waals surface area contributed by atoms with E-state index in [2.05, 4.69) is 4.99 Å². The molecule has 116 valence electrons. The number of carbonyl (C=O) groups is 1. The molecule has 0 bridgehead atoms. The SMILES string of the molecule is O=C(c1ccccc1)N(Cc1ccccc1)C1=CS(=O)(=O)C=N1. The molecule has 0 fully saturated rings. The molecule has 6 heteroatoms. The van der Waals surface area contributed by atoms with Crippen LogP contribution in [0.15, 0.2) is 76.9 Å². The normalized spacial score (nSPS) is 15.2. The van der Waals surface area contributed by atoms with Crippen LogP contribution in [0.1, 0.15) is 15.9 Å². The maximum absolute atomic E-state index is 12.8. The molecule has 0 saturated heterocycles. The van der Waals surface area contributed by atoms with Gasteiger partial charge in [0.25, 0.3) is 5.91 Å². The van der Waals surface area contributed by atoms with Gasteiger partial charge in [-0.05, 0) is 17.7 Å². The summed E-state index contributed by atoms with van der Waals surface area (Å²) in [6, 6.07) is 18.1. The maximum Gasteiger partial charge on any atom is 0.259 e. The topological polar surface area (TPSA) is 66.8 Å². The molecule has 0 unspecified atom stereocenters. The van der Waals surface area contributed by atoms with Gasteiger partial charge in [-0.3, -0.25) is 9.69 Å².